The van der Waals surface area contributed by atoms with Crippen LogP contribution in [0.25, 0.3) is 0 Å². The van der Waals surface area contributed by atoms with Crippen LogP contribution < -0.4 is 23.8 Å². The Hall–Kier alpha value is -3.79. The lowest BCUT2D eigenvalue weighted by Crippen LogP contribution is -2.40. The van der Waals surface area contributed by atoms with Crippen molar-refractivity contribution in [3.63, 3.8) is 0 Å². The molecule has 0 aromatic heterocycles. The minimum atomic E-state index is -4.21. The number of rotatable bonds is 10. The molecule has 3 aromatic rings. The van der Waals surface area contributed by atoms with Crippen LogP contribution in [0.15, 0.2) is 71.6 Å². The molecule has 180 valence electrons. The fourth-order valence-electron chi connectivity index (χ4n) is 3.16. The summed E-state index contributed by atoms with van der Waals surface area (Å²) in [5.74, 6) is 0.178. The van der Waals surface area contributed by atoms with E-state index in [1.165, 1.54) is 44.6 Å². The van der Waals surface area contributed by atoms with Crippen LogP contribution in [0.2, 0.25) is 0 Å². The molecule has 0 fully saturated rings. The Kier molecular flexibility index (Phi) is 7.95. The topological polar surface area (TPSA) is 94.2 Å². The Morgan fingerprint density at radius 3 is 2.12 bits per heavy atom. The first-order chi connectivity index (χ1) is 16.3. The largest absolute Gasteiger partial charge is 0.497 e. The van der Waals surface area contributed by atoms with Crippen molar-refractivity contribution in [2.45, 2.75) is 11.4 Å². The fraction of sp³-hybridized carbons (Fsp3) is 0.208. The highest BCUT2D eigenvalue weighted by Gasteiger charge is 2.28. The van der Waals surface area contributed by atoms with Crippen molar-refractivity contribution in [3.8, 4) is 17.2 Å². The number of nitrogens with one attached hydrogen (secondary N) is 1. The van der Waals surface area contributed by atoms with E-state index < -0.39 is 28.3 Å². The fourth-order valence-corrected chi connectivity index (χ4v) is 4.59. The highest BCUT2D eigenvalue weighted by Crippen LogP contribution is 2.32. The number of methoxy groups -OCH3 is 3. The van der Waals surface area contributed by atoms with Gasteiger partial charge in [-0.05, 0) is 54.1 Å². The number of hydrogen-bond donors (Lipinski definition) is 1. The smallest absolute Gasteiger partial charge is 0.264 e. The summed E-state index contributed by atoms with van der Waals surface area (Å²) in [4.78, 5) is 12.6. The van der Waals surface area contributed by atoms with E-state index in [1.54, 1.807) is 31.4 Å². The van der Waals surface area contributed by atoms with Crippen LogP contribution in [-0.2, 0) is 21.4 Å². The van der Waals surface area contributed by atoms with Crippen LogP contribution >= 0.6 is 0 Å². The van der Waals surface area contributed by atoms with Gasteiger partial charge in [-0.1, -0.05) is 12.1 Å². The summed E-state index contributed by atoms with van der Waals surface area (Å²) in [6, 6.07) is 16.1. The quantitative estimate of drug-likeness (QED) is 0.470. The molecule has 3 aromatic carbocycles. The summed E-state index contributed by atoms with van der Waals surface area (Å²) in [6.07, 6.45) is 0. The molecule has 0 atom stereocenters. The van der Waals surface area contributed by atoms with Gasteiger partial charge in [-0.25, -0.2) is 12.8 Å². The Bertz CT molecular complexity index is 1230. The number of hydrogen-bond acceptors (Lipinski definition) is 6. The van der Waals surface area contributed by atoms with Crippen molar-refractivity contribution in [2.75, 3.05) is 32.2 Å². The van der Waals surface area contributed by atoms with Gasteiger partial charge in [-0.2, -0.15) is 0 Å². The standard InChI is InChI=1S/C24H25FN2O6S/c1-31-20-10-4-17(5-11-20)15-26-24(28)16-27(19-8-6-18(25)7-9-19)34(29,30)21-12-13-22(32-2)23(14-21)33-3/h4-14H,15-16H2,1-3H3,(H,26,28). The summed E-state index contributed by atoms with van der Waals surface area (Å²) in [6.45, 7) is -0.324. The predicted octanol–water partition coefficient (Wildman–Crippen LogP) is 3.36. The molecule has 10 heteroatoms. The van der Waals surface area contributed by atoms with Gasteiger partial charge in [-0.3, -0.25) is 9.10 Å². The zero-order chi connectivity index (χ0) is 24.7. The van der Waals surface area contributed by atoms with Gasteiger partial charge in [0.05, 0.1) is 31.9 Å². The third kappa shape index (κ3) is 5.76. The van der Waals surface area contributed by atoms with Gasteiger partial charge in [-0.15, -0.1) is 0 Å². The second-order valence-corrected chi connectivity index (χ2v) is 8.99. The van der Waals surface area contributed by atoms with E-state index in [9.17, 15) is 17.6 Å². The number of halogens is 1. The minimum absolute atomic E-state index is 0.113. The number of carbonyl (C=O) groups is 1. The molecule has 0 radical (unpaired) electrons. The third-order valence-corrected chi connectivity index (χ3v) is 6.76. The van der Waals surface area contributed by atoms with Gasteiger partial charge in [0, 0.05) is 12.6 Å². The van der Waals surface area contributed by atoms with Crippen molar-refractivity contribution < 1.29 is 31.8 Å². The molecule has 34 heavy (non-hydrogen) atoms. The summed E-state index contributed by atoms with van der Waals surface area (Å²) < 4.78 is 56.9. The minimum Gasteiger partial charge on any atom is -0.497 e. The van der Waals surface area contributed by atoms with E-state index in [-0.39, 0.29) is 22.9 Å². The summed E-state index contributed by atoms with van der Waals surface area (Å²) in [7, 11) is 0.164. The monoisotopic (exact) mass is 488 g/mol. The molecular formula is C24H25FN2O6S. The number of amides is 1. The maximum Gasteiger partial charge on any atom is 0.264 e. The number of nitrogens with zero attached hydrogens (tertiary/aromatic N) is 1. The lowest BCUT2D eigenvalue weighted by Gasteiger charge is -2.24. The first-order valence-electron chi connectivity index (χ1n) is 10.2. The number of benzene rings is 3. The van der Waals surface area contributed by atoms with Gasteiger partial charge >= 0.3 is 0 Å². The molecule has 0 unspecified atom stereocenters. The first kappa shape index (κ1) is 24.8. The SMILES string of the molecule is COc1ccc(CNC(=O)CN(c2ccc(F)cc2)S(=O)(=O)c2ccc(OC)c(OC)c2)cc1. The van der Waals surface area contributed by atoms with Gasteiger partial charge in [0.15, 0.2) is 11.5 Å². The van der Waals surface area contributed by atoms with E-state index in [0.29, 0.717) is 11.5 Å². The average Bonchev–Trinajstić information content (AvgIpc) is 2.86. The molecule has 8 nitrogen and oxygen atoms in total. The zero-order valence-electron chi connectivity index (χ0n) is 18.9. The van der Waals surface area contributed by atoms with Gasteiger partial charge < -0.3 is 19.5 Å². The lowest BCUT2D eigenvalue weighted by atomic mass is 10.2. The summed E-state index contributed by atoms with van der Waals surface area (Å²) in [5, 5.41) is 2.71. The highest BCUT2D eigenvalue weighted by atomic mass is 32.2. The second-order valence-electron chi connectivity index (χ2n) is 7.13. The number of ether oxygens (including phenoxy) is 3. The Labute approximate surface area is 197 Å². The molecule has 0 spiro atoms. The maximum atomic E-state index is 13.5. The van der Waals surface area contributed by atoms with E-state index in [1.807, 2.05) is 0 Å². The Morgan fingerprint density at radius 1 is 0.882 bits per heavy atom. The van der Waals surface area contributed by atoms with E-state index in [4.69, 9.17) is 14.2 Å². The van der Waals surface area contributed by atoms with Crippen LogP contribution in [0, 0.1) is 5.82 Å². The van der Waals surface area contributed by atoms with Crippen LogP contribution in [0.3, 0.4) is 0 Å². The highest BCUT2D eigenvalue weighted by molar-refractivity contribution is 7.92. The van der Waals surface area contributed by atoms with Crippen molar-refractivity contribution >= 4 is 21.6 Å². The van der Waals surface area contributed by atoms with Gasteiger partial charge in [0.25, 0.3) is 10.0 Å². The van der Waals surface area contributed by atoms with E-state index >= 15 is 0 Å². The zero-order valence-corrected chi connectivity index (χ0v) is 19.8. The first-order valence-corrected chi connectivity index (χ1v) is 11.6. The molecule has 0 aliphatic heterocycles. The Morgan fingerprint density at radius 2 is 1.53 bits per heavy atom. The van der Waals surface area contributed by atoms with Crippen LogP contribution in [-0.4, -0.2) is 42.2 Å². The molecule has 1 N–H and O–H groups in total. The summed E-state index contributed by atoms with van der Waals surface area (Å²) >= 11 is 0. The lowest BCUT2D eigenvalue weighted by molar-refractivity contribution is -0.119. The van der Waals surface area contributed by atoms with Gasteiger partial charge in [0.2, 0.25) is 5.91 Å². The van der Waals surface area contributed by atoms with Crippen LogP contribution in [0.4, 0.5) is 10.1 Å². The Balaban J connectivity index is 1.87. The maximum absolute atomic E-state index is 13.5. The number of anilines is 1. The molecule has 0 bridgehead atoms. The van der Waals surface area contributed by atoms with Crippen molar-refractivity contribution in [3.05, 3.63) is 78.1 Å². The molecular weight excluding hydrogens is 463 g/mol. The van der Waals surface area contributed by atoms with Crippen molar-refractivity contribution in [1.29, 1.82) is 0 Å². The van der Waals surface area contributed by atoms with Crippen molar-refractivity contribution in [2.24, 2.45) is 0 Å². The van der Waals surface area contributed by atoms with Crippen LogP contribution in [0.5, 0.6) is 17.2 Å². The normalized spacial score (nSPS) is 10.9. The second kappa shape index (κ2) is 10.9. The van der Waals surface area contributed by atoms with E-state index in [2.05, 4.69) is 5.32 Å². The number of carbonyl (C=O) groups excluding carboxylic acids is 1. The van der Waals surface area contributed by atoms with E-state index in [0.717, 1.165) is 22.0 Å². The van der Waals surface area contributed by atoms with Gasteiger partial charge in [0.1, 0.15) is 18.1 Å². The molecule has 1 amide bonds. The third-order valence-electron chi connectivity index (χ3n) is 4.99. The predicted molar refractivity (Wildman–Crippen MR) is 125 cm³/mol. The summed E-state index contributed by atoms with van der Waals surface area (Å²) in [5.41, 5.74) is 0.945. The molecule has 0 saturated carbocycles. The molecule has 0 heterocycles. The average molecular weight is 489 g/mol. The van der Waals surface area contributed by atoms with Crippen LogP contribution in [0.1, 0.15) is 5.56 Å². The number of sulfonamides is 1. The molecule has 3 rings (SSSR count). The molecule has 0 saturated heterocycles. The van der Waals surface area contributed by atoms with Crippen molar-refractivity contribution in [1.82, 2.24) is 5.32 Å². The molecule has 0 aliphatic carbocycles. The molecule has 0 aliphatic rings.